The van der Waals surface area contributed by atoms with Crippen LogP contribution in [0.25, 0.3) is 0 Å². The van der Waals surface area contributed by atoms with Gasteiger partial charge in [-0.25, -0.2) is 0 Å². The van der Waals surface area contributed by atoms with Crippen LogP contribution in [0.4, 0.5) is 24.5 Å². The van der Waals surface area contributed by atoms with Crippen LogP contribution in [0.2, 0.25) is 0 Å². The largest absolute Gasteiger partial charge is 0.495 e. The number of alkyl halides is 3. The Balaban J connectivity index is 2.28. The zero-order valence-corrected chi connectivity index (χ0v) is 15.1. The summed E-state index contributed by atoms with van der Waals surface area (Å²) in [4.78, 5) is 25.5. The molecule has 0 unspecified atom stereocenters. The molecule has 0 aromatic heterocycles. The Kier molecular flexibility index (Phi) is 6.09. The molecule has 8 heteroatoms. The van der Waals surface area contributed by atoms with E-state index in [1.165, 1.54) is 26.2 Å². The van der Waals surface area contributed by atoms with Gasteiger partial charge in [0.05, 0.1) is 24.0 Å². The third-order valence-electron chi connectivity index (χ3n) is 3.81. The van der Waals surface area contributed by atoms with Crippen LogP contribution in [0.1, 0.15) is 18.1 Å². The molecule has 0 aliphatic heterocycles. The van der Waals surface area contributed by atoms with E-state index >= 15 is 0 Å². The molecule has 2 rings (SSSR count). The average molecular weight is 380 g/mol. The molecule has 1 N–H and O–H groups in total. The summed E-state index contributed by atoms with van der Waals surface area (Å²) in [6.07, 6.45) is -4.61. The maximum Gasteiger partial charge on any atom is 0.418 e. The molecule has 2 amide bonds. The van der Waals surface area contributed by atoms with Gasteiger partial charge in [0.25, 0.3) is 0 Å². The zero-order valence-electron chi connectivity index (χ0n) is 15.1. The SMILES string of the molecule is COc1ccc(C)cc1N(CC(=O)Nc1ccccc1C(F)(F)F)C(C)=O. The van der Waals surface area contributed by atoms with Gasteiger partial charge in [-0.2, -0.15) is 13.2 Å². The molecule has 0 aliphatic rings. The van der Waals surface area contributed by atoms with Crippen molar-refractivity contribution in [3.05, 3.63) is 53.6 Å². The minimum atomic E-state index is -4.61. The van der Waals surface area contributed by atoms with Crippen LogP contribution < -0.4 is 15.0 Å². The molecular formula is C19H19F3N2O3. The number of aryl methyl sites for hydroxylation is 1. The Morgan fingerprint density at radius 2 is 1.81 bits per heavy atom. The second-order valence-electron chi connectivity index (χ2n) is 5.87. The van der Waals surface area contributed by atoms with E-state index in [-0.39, 0.29) is 5.69 Å². The number of carbonyl (C=O) groups is 2. The first-order chi connectivity index (χ1) is 12.6. The molecule has 5 nitrogen and oxygen atoms in total. The molecule has 0 saturated heterocycles. The second-order valence-corrected chi connectivity index (χ2v) is 5.87. The van der Waals surface area contributed by atoms with E-state index < -0.39 is 30.1 Å². The molecule has 0 radical (unpaired) electrons. The highest BCUT2D eigenvalue weighted by atomic mass is 19.4. The van der Waals surface area contributed by atoms with Gasteiger partial charge in [-0.1, -0.05) is 18.2 Å². The number of anilines is 2. The third kappa shape index (κ3) is 4.99. The van der Waals surface area contributed by atoms with Crippen LogP contribution in [0.15, 0.2) is 42.5 Å². The van der Waals surface area contributed by atoms with Gasteiger partial charge < -0.3 is 10.1 Å². The number of nitrogens with one attached hydrogen (secondary N) is 1. The highest BCUT2D eigenvalue weighted by molar-refractivity contribution is 6.02. The summed E-state index contributed by atoms with van der Waals surface area (Å²) >= 11 is 0. The smallest absolute Gasteiger partial charge is 0.418 e. The summed E-state index contributed by atoms with van der Waals surface area (Å²) in [5, 5.41) is 2.23. The standard InChI is InChI=1S/C19H19F3N2O3/c1-12-8-9-17(27-3)16(10-12)24(13(2)25)11-18(26)23-15-7-5-4-6-14(15)19(20,21)22/h4-10H,11H2,1-3H3,(H,23,26). The predicted molar refractivity (Wildman–Crippen MR) is 95.8 cm³/mol. The van der Waals surface area contributed by atoms with Crippen LogP contribution in [0.5, 0.6) is 5.75 Å². The first-order valence-corrected chi connectivity index (χ1v) is 8.02. The van der Waals surface area contributed by atoms with Gasteiger partial charge in [0.2, 0.25) is 11.8 Å². The van der Waals surface area contributed by atoms with Gasteiger partial charge >= 0.3 is 6.18 Å². The summed E-state index contributed by atoms with van der Waals surface area (Å²) in [7, 11) is 1.42. The topological polar surface area (TPSA) is 58.6 Å². The number of carbonyl (C=O) groups excluding carboxylic acids is 2. The van der Waals surface area contributed by atoms with Gasteiger partial charge in [0, 0.05) is 6.92 Å². The number of hydrogen-bond acceptors (Lipinski definition) is 3. The van der Waals surface area contributed by atoms with Crippen molar-refractivity contribution >= 4 is 23.2 Å². The zero-order chi connectivity index (χ0) is 20.2. The van der Waals surface area contributed by atoms with E-state index in [4.69, 9.17) is 4.74 Å². The van der Waals surface area contributed by atoms with Gasteiger partial charge in [-0.05, 0) is 36.8 Å². The third-order valence-corrected chi connectivity index (χ3v) is 3.81. The fourth-order valence-electron chi connectivity index (χ4n) is 2.55. The monoisotopic (exact) mass is 380 g/mol. The van der Waals surface area contributed by atoms with E-state index in [1.807, 2.05) is 0 Å². The van der Waals surface area contributed by atoms with Crippen LogP contribution in [-0.4, -0.2) is 25.5 Å². The molecule has 2 aromatic rings. The first-order valence-electron chi connectivity index (χ1n) is 8.02. The molecular weight excluding hydrogens is 361 g/mol. The van der Waals surface area contributed by atoms with Gasteiger partial charge in [0.1, 0.15) is 12.3 Å². The Hall–Kier alpha value is -3.03. The van der Waals surface area contributed by atoms with E-state index in [0.717, 1.165) is 22.6 Å². The number of ether oxygens (including phenoxy) is 1. The maximum absolute atomic E-state index is 13.1. The van der Waals surface area contributed by atoms with E-state index in [9.17, 15) is 22.8 Å². The van der Waals surface area contributed by atoms with E-state index in [0.29, 0.717) is 11.4 Å². The Labute approximate surface area is 154 Å². The van der Waals surface area contributed by atoms with Crippen molar-refractivity contribution in [3.63, 3.8) is 0 Å². The first kappa shape index (κ1) is 20.3. The van der Waals surface area contributed by atoms with Crippen LogP contribution >= 0.6 is 0 Å². The van der Waals surface area contributed by atoms with Crippen molar-refractivity contribution < 1.29 is 27.5 Å². The second kappa shape index (κ2) is 8.11. The summed E-state index contributed by atoms with van der Waals surface area (Å²) < 4.78 is 44.4. The van der Waals surface area contributed by atoms with Crippen molar-refractivity contribution in [2.75, 3.05) is 23.9 Å². The predicted octanol–water partition coefficient (Wildman–Crippen LogP) is 4.01. The minimum absolute atomic E-state index is 0.365. The highest BCUT2D eigenvalue weighted by Crippen LogP contribution is 2.35. The molecule has 0 heterocycles. The number of halogens is 3. The van der Waals surface area contributed by atoms with Crippen LogP contribution in [0.3, 0.4) is 0 Å². The van der Waals surface area contributed by atoms with Crippen molar-refractivity contribution in [1.29, 1.82) is 0 Å². The molecule has 0 bridgehead atoms. The molecule has 0 spiro atoms. The summed E-state index contributed by atoms with van der Waals surface area (Å²) in [5.41, 5.74) is -0.125. The quantitative estimate of drug-likeness (QED) is 0.853. The normalized spacial score (nSPS) is 11.0. The molecule has 0 saturated carbocycles. The summed E-state index contributed by atoms with van der Waals surface area (Å²) in [6, 6.07) is 9.75. The number of nitrogens with zero attached hydrogens (tertiary/aromatic N) is 1. The van der Waals surface area contributed by atoms with Crippen molar-refractivity contribution in [2.24, 2.45) is 0 Å². The molecule has 2 aromatic carbocycles. The number of amides is 2. The average Bonchev–Trinajstić information content (AvgIpc) is 2.59. The Bertz CT molecular complexity index is 850. The minimum Gasteiger partial charge on any atom is -0.495 e. The lowest BCUT2D eigenvalue weighted by atomic mass is 10.1. The van der Waals surface area contributed by atoms with Gasteiger partial charge in [0.15, 0.2) is 0 Å². The number of rotatable bonds is 5. The summed E-state index contributed by atoms with van der Waals surface area (Å²) in [6.45, 7) is 2.61. The van der Waals surface area contributed by atoms with Crippen molar-refractivity contribution in [3.8, 4) is 5.75 Å². The summed E-state index contributed by atoms with van der Waals surface area (Å²) in [5.74, 6) is -0.831. The van der Waals surface area contributed by atoms with E-state index in [2.05, 4.69) is 5.32 Å². The van der Waals surface area contributed by atoms with Crippen LogP contribution in [-0.2, 0) is 15.8 Å². The van der Waals surface area contributed by atoms with Crippen molar-refractivity contribution in [1.82, 2.24) is 0 Å². The Morgan fingerprint density at radius 1 is 1.15 bits per heavy atom. The lowest BCUT2D eigenvalue weighted by molar-refractivity contribution is -0.137. The number of hydrogen-bond donors (Lipinski definition) is 1. The number of methoxy groups -OCH3 is 1. The van der Waals surface area contributed by atoms with E-state index in [1.54, 1.807) is 25.1 Å². The molecule has 27 heavy (non-hydrogen) atoms. The lowest BCUT2D eigenvalue weighted by Crippen LogP contribution is -2.37. The van der Waals surface area contributed by atoms with Gasteiger partial charge in [-0.3, -0.25) is 14.5 Å². The number of benzene rings is 2. The molecule has 0 fully saturated rings. The molecule has 144 valence electrons. The highest BCUT2D eigenvalue weighted by Gasteiger charge is 2.33. The van der Waals surface area contributed by atoms with Crippen LogP contribution in [0, 0.1) is 6.92 Å². The Morgan fingerprint density at radius 3 is 2.41 bits per heavy atom. The fourth-order valence-corrected chi connectivity index (χ4v) is 2.55. The fraction of sp³-hybridized carbons (Fsp3) is 0.263. The molecule has 0 aliphatic carbocycles. The number of para-hydroxylation sites is 1. The maximum atomic E-state index is 13.1. The lowest BCUT2D eigenvalue weighted by Gasteiger charge is -2.23. The van der Waals surface area contributed by atoms with Gasteiger partial charge in [-0.15, -0.1) is 0 Å². The van der Waals surface area contributed by atoms with Crippen molar-refractivity contribution in [2.45, 2.75) is 20.0 Å². The molecule has 0 atom stereocenters.